The van der Waals surface area contributed by atoms with Crippen molar-refractivity contribution in [3.63, 3.8) is 0 Å². The van der Waals surface area contributed by atoms with Gasteiger partial charge < -0.3 is 35.6 Å². The molecule has 3 heterocycles. The Hall–Kier alpha value is -3.91. The molecule has 252 valence electrons. The van der Waals surface area contributed by atoms with E-state index >= 15 is 0 Å². The van der Waals surface area contributed by atoms with Crippen molar-refractivity contribution in [1.82, 2.24) is 35.9 Å². The number of rotatable bonds is 13. The molecule has 48 heavy (non-hydrogen) atoms. The van der Waals surface area contributed by atoms with Crippen molar-refractivity contribution < 1.29 is 24.5 Å². The van der Waals surface area contributed by atoms with E-state index in [9.17, 15) is 15.0 Å². The summed E-state index contributed by atoms with van der Waals surface area (Å²) in [6.07, 6.45) is 5.60. The Labute approximate surface area is 288 Å². The van der Waals surface area contributed by atoms with E-state index in [0.29, 0.717) is 106 Å². The number of methoxy groups -OCH3 is 2. The van der Waals surface area contributed by atoms with Crippen LogP contribution >= 0.6 is 23.2 Å². The van der Waals surface area contributed by atoms with E-state index in [0.717, 1.165) is 6.42 Å². The number of hydrogen-bond acceptors (Lipinski definition) is 11. The van der Waals surface area contributed by atoms with Crippen molar-refractivity contribution >= 4 is 29.1 Å². The third-order valence-corrected chi connectivity index (χ3v) is 9.54. The molecule has 0 unspecified atom stereocenters. The molecule has 2 aliphatic rings. The number of nitrogens with one attached hydrogen (secondary N) is 3. The van der Waals surface area contributed by atoms with Gasteiger partial charge in [0.1, 0.15) is 11.4 Å². The largest absolute Gasteiger partial charge is 0.480 e. The molecule has 0 radical (unpaired) electrons. The Kier molecular flexibility index (Phi) is 10.4. The van der Waals surface area contributed by atoms with Gasteiger partial charge >= 0.3 is 0 Å². The van der Waals surface area contributed by atoms with E-state index in [2.05, 4.69) is 25.9 Å². The summed E-state index contributed by atoms with van der Waals surface area (Å²) >= 11 is 14.0. The number of amides is 1. The van der Waals surface area contributed by atoms with E-state index in [4.69, 9.17) is 42.6 Å². The summed E-state index contributed by atoms with van der Waals surface area (Å²) < 4.78 is 11.1. The Bertz CT molecular complexity index is 1800. The first kappa shape index (κ1) is 34.0. The van der Waals surface area contributed by atoms with Gasteiger partial charge in [0.2, 0.25) is 17.7 Å². The van der Waals surface area contributed by atoms with Crippen LogP contribution in [0.15, 0.2) is 48.8 Å². The lowest BCUT2D eigenvalue weighted by molar-refractivity contribution is -0.119. The van der Waals surface area contributed by atoms with Gasteiger partial charge in [0.05, 0.1) is 60.3 Å². The molecule has 4 aromatic rings. The van der Waals surface area contributed by atoms with Crippen molar-refractivity contribution in [3.05, 3.63) is 70.2 Å². The number of carbonyl (C=O) groups is 1. The SMILES string of the molecule is COc1nc(-c2cccc(-c3cccc(-c4cnc(CN[C@H]5C[C@@](O)(CO)C5)c(OC)n4)c3Cl)c2Cl)cnc1CNC[C@@H]1CCC(=O)N1. The maximum Gasteiger partial charge on any atom is 0.237 e. The van der Waals surface area contributed by atoms with Gasteiger partial charge in [-0.05, 0) is 19.3 Å². The summed E-state index contributed by atoms with van der Waals surface area (Å²) in [5.41, 5.74) is 4.04. The fourth-order valence-corrected chi connectivity index (χ4v) is 6.72. The zero-order valence-corrected chi connectivity index (χ0v) is 28.1. The highest BCUT2D eigenvalue weighted by Crippen LogP contribution is 2.42. The third kappa shape index (κ3) is 7.24. The second-order valence-corrected chi connectivity index (χ2v) is 12.8. The van der Waals surface area contributed by atoms with E-state index in [1.165, 1.54) is 7.11 Å². The molecule has 1 amide bonds. The van der Waals surface area contributed by atoms with Crippen molar-refractivity contribution in [1.29, 1.82) is 0 Å². The number of carbonyl (C=O) groups excluding carboxylic acids is 1. The fraction of sp³-hybridized carbons (Fsp3) is 0.382. The Morgan fingerprint density at radius 2 is 1.44 bits per heavy atom. The summed E-state index contributed by atoms with van der Waals surface area (Å²) in [7, 11) is 3.08. The highest BCUT2D eigenvalue weighted by atomic mass is 35.5. The molecule has 12 nitrogen and oxygen atoms in total. The van der Waals surface area contributed by atoms with E-state index < -0.39 is 5.60 Å². The van der Waals surface area contributed by atoms with Crippen LogP contribution in [0.3, 0.4) is 0 Å². The molecule has 1 saturated carbocycles. The fourth-order valence-electron chi connectivity index (χ4n) is 6.07. The first-order chi connectivity index (χ1) is 23.2. The van der Waals surface area contributed by atoms with E-state index in [1.54, 1.807) is 19.5 Å². The van der Waals surface area contributed by atoms with Gasteiger partial charge in [-0.1, -0.05) is 59.6 Å². The standard InChI is InChI=1S/C34H37Cl2N7O5/c1-47-32-27(14-37-13-19-9-10-29(45)41-19)39-15-25(42-32)23-7-3-5-21(30(23)35)22-6-4-8-24(31(22)36)26-16-40-28(33(43-26)48-2)17-38-20-11-34(46,12-20)18-44/h3-8,15-16,19-20,37-38,44,46H,9-14,17-18H2,1-2H3,(H,41,45)/t19-,20-,34-/m0/s1. The van der Waals surface area contributed by atoms with Crippen molar-refractivity contribution in [2.75, 3.05) is 27.4 Å². The summed E-state index contributed by atoms with van der Waals surface area (Å²) in [5, 5.41) is 29.9. The average molecular weight is 695 g/mol. The van der Waals surface area contributed by atoms with Gasteiger partial charge in [0.25, 0.3) is 0 Å². The minimum Gasteiger partial charge on any atom is -0.480 e. The summed E-state index contributed by atoms with van der Waals surface area (Å²) in [4.78, 5) is 30.1. The summed E-state index contributed by atoms with van der Waals surface area (Å²) in [6, 6.07) is 11.4. The van der Waals surface area contributed by atoms with Gasteiger partial charge in [0.15, 0.2) is 0 Å². The number of hydrogen-bond donors (Lipinski definition) is 5. The number of aliphatic hydroxyl groups is 2. The zero-order chi connectivity index (χ0) is 33.8. The van der Waals surface area contributed by atoms with Crippen LogP contribution in [0.2, 0.25) is 10.0 Å². The van der Waals surface area contributed by atoms with Gasteiger partial charge in [-0.25, -0.2) is 9.97 Å². The Morgan fingerprint density at radius 3 is 1.94 bits per heavy atom. The maximum absolute atomic E-state index is 11.5. The molecule has 14 heteroatoms. The monoisotopic (exact) mass is 693 g/mol. The smallest absolute Gasteiger partial charge is 0.237 e. The Morgan fingerprint density at radius 1 is 0.896 bits per heavy atom. The van der Waals surface area contributed by atoms with Crippen LogP contribution in [0.5, 0.6) is 11.8 Å². The molecule has 5 N–H and O–H groups in total. The van der Waals surface area contributed by atoms with Crippen LogP contribution in [0, 0.1) is 0 Å². The lowest BCUT2D eigenvalue weighted by atomic mass is 9.76. The lowest BCUT2D eigenvalue weighted by Gasteiger charge is -2.42. The minimum absolute atomic E-state index is 0.0695. The van der Waals surface area contributed by atoms with E-state index in [1.807, 2.05) is 36.4 Å². The second kappa shape index (κ2) is 14.7. The topological polar surface area (TPSA) is 164 Å². The number of aromatic nitrogens is 4. The molecule has 2 aromatic carbocycles. The minimum atomic E-state index is -1.01. The van der Waals surface area contributed by atoms with Gasteiger partial charge in [-0.3, -0.25) is 14.8 Å². The first-order valence-corrected chi connectivity index (χ1v) is 16.4. The molecule has 1 saturated heterocycles. The average Bonchev–Trinajstić information content (AvgIpc) is 3.51. The molecule has 6 rings (SSSR count). The lowest BCUT2D eigenvalue weighted by Crippen LogP contribution is -2.55. The third-order valence-electron chi connectivity index (χ3n) is 8.72. The predicted octanol–water partition coefficient (Wildman–Crippen LogP) is 3.94. The predicted molar refractivity (Wildman–Crippen MR) is 182 cm³/mol. The van der Waals surface area contributed by atoms with Crippen molar-refractivity contribution in [2.24, 2.45) is 0 Å². The first-order valence-electron chi connectivity index (χ1n) is 15.7. The van der Waals surface area contributed by atoms with Crippen molar-refractivity contribution in [2.45, 2.75) is 56.5 Å². The van der Waals surface area contributed by atoms with Gasteiger partial charge in [-0.15, -0.1) is 0 Å². The van der Waals surface area contributed by atoms with Gasteiger partial charge in [-0.2, -0.15) is 0 Å². The molecule has 2 aromatic heterocycles. The molecule has 1 atom stereocenters. The van der Waals surface area contributed by atoms with Crippen LogP contribution in [0.1, 0.15) is 37.1 Å². The van der Waals surface area contributed by atoms with Crippen LogP contribution in [-0.2, 0) is 17.9 Å². The normalized spacial score (nSPS) is 20.3. The molecular weight excluding hydrogens is 657 g/mol. The van der Waals surface area contributed by atoms with Gasteiger partial charge in [0, 0.05) is 60.4 Å². The highest BCUT2D eigenvalue weighted by Gasteiger charge is 2.41. The van der Waals surface area contributed by atoms with E-state index in [-0.39, 0.29) is 24.6 Å². The number of ether oxygens (including phenoxy) is 2. The molecule has 0 bridgehead atoms. The second-order valence-electron chi connectivity index (χ2n) is 12.1. The van der Waals surface area contributed by atoms with Crippen LogP contribution in [0.4, 0.5) is 0 Å². The number of benzene rings is 2. The van der Waals surface area contributed by atoms with Crippen LogP contribution in [-0.4, -0.2) is 81.1 Å². The number of aliphatic hydroxyl groups excluding tert-OH is 1. The maximum atomic E-state index is 11.5. The highest BCUT2D eigenvalue weighted by molar-refractivity contribution is 6.39. The summed E-state index contributed by atoms with van der Waals surface area (Å²) in [6.45, 7) is 1.20. The number of nitrogens with zero attached hydrogens (tertiary/aromatic N) is 4. The van der Waals surface area contributed by atoms with Crippen LogP contribution in [0.25, 0.3) is 33.6 Å². The molecular formula is C34H37Cl2N7O5. The van der Waals surface area contributed by atoms with Crippen LogP contribution < -0.4 is 25.4 Å². The summed E-state index contributed by atoms with van der Waals surface area (Å²) in [5.74, 6) is 0.810. The Balaban J connectivity index is 1.21. The molecule has 1 aliphatic carbocycles. The van der Waals surface area contributed by atoms with Crippen molar-refractivity contribution in [3.8, 4) is 45.4 Å². The molecule has 1 aliphatic heterocycles. The number of halogens is 2. The molecule has 0 spiro atoms. The quantitative estimate of drug-likeness (QED) is 0.138. The molecule has 2 fully saturated rings. The zero-order valence-electron chi connectivity index (χ0n) is 26.6.